The van der Waals surface area contributed by atoms with Gasteiger partial charge in [-0.15, -0.1) is 0 Å². The lowest BCUT2D eigenvalue weighted by molar-refractivity contribution is 0.588. The number of rotatable bonds is 3. The highest BCUT2D eigenvalue weighted by Crippen LogP contribution is 2.22. The zero-order valence-corrected chi connectivity index (χ0v) is 11.7. The molecule has 0 saturated heterocycles. The van der Waals surface area contributed by atoms with E-state index in [1.54, 1.807) is 13.8 Å². The second-order valence-corrected chi connectivity index (χ2v) is 5.93. The van der Waals surface area contributed by atoms with Gasteiger partial charge in [0.15, 0.2) is 0 Å². The molecule has 0 atom stereocenters. The lowest BCUT2D eigenvalue weighted by Gasteiger charge is -2.09. The molecule has 0 amide bonds. The van der Waals surface area contributed by atoms with Crippen LogP contribution >= 0.6 is 0 Å². The molecule has 1 aromatic carbocycles. The maximum atomic E-state index is 11.8. The van der Waals surface area contributed by atoms with Crippen LogP contribution in [-0.4, -0.2) is 30.2 Å². The van der Waals surface area contributed by atoms with Crippen LogP contribution in [0.3, 0.4) is 0 Å². The number of nitrogen functional groups attached to an aromatic ring is 1. The summed E-state index contributed by atoms with van der Waals surface area (Å²) in [5.41, 5.74) is 6.81. The van der Waals surface area contributed by atoms with Crippen LogP contribution in [0.1, 0.15) is 11.6 Å². The first-order valence-corrected chi connectivity index (χ1v) is 7.07. The molecule has 7 nitrogen and oxygen atoms in total. The number of nitrogens with two attached hydrogens (primary N) is 1. The SMILES string of the molecule is CNS(=O)(=O)c1ccc(N)c(-n2nc(C)nc2C)c1. The van der Waals surface area contributed by atoms with Crippen molar-refractivity contribution in [2.75, 3.05) is 12.8 Å². The molecule has 2 aromatic rings. The van der Waals surface area contributed by atoms with Crippen molar-refractivity contribution in [2.45, 2.75) is 18.7 Å². The topological polar surface area (TPSA) is 103 Å². The third-order valence-corrected chi connectivity index (χ3v) is 4.10. The van der Waals surface area contributed by atoms with Gasteiger partial charge >= 0.3 is 0 Å². The summed E-state index contributed by atoms with van der Waals surface area (Å²) in [5.74, 6) is 1.24. The Morgan fingerprint density at radius 3 is 2.53 bits per heavy atom. The van der Waals surface area contributed by atoms with E-state index in [9.17, 15) is 8.42 Å². The smallest absolute Gasteiger partial charge is 0.240 e. The number of nitrogens with one attached hydrogen (secondary N) is 1. The largest absolute Gasteiger partial charge is 0.397 e. The third-order valence-electron chi connectivity index (χ3n) is 2.68. The van der Waals surface area contributed by atoms with E-state index in [4.69, 9.17) is 5.73 Å². The summed E-state index contributed by atoms with van der Waals surface area (Å²) < 4.78 is 27.4. The second kappa shape index (κ2) is 4.63. The van der Waals surface area contributed by atoms with Crippen molar-refractivity contribution < 1.29 is 8.42 Å². The van der Waals surface area contributed by atoms with Crippen molar-refractivity contribution in [3.63, 3.8) is 0 Å². The van der Waals surface area contributed by atoms with Crippen molar-refractivity contribution in [1.29, 1.82) is 0 Å². The lowest BCUT2D eigenvalue weighted by Crippen LogP contribution is -2.19. The summed E-state index contributed by atoms with van der Waals surface area (Å²) in [7, 11) is -2.16. The van der Waals surface area contributed by atoms with E-state index in [-0.39, 0.29) is 4.90 Å². The lowest BCUT2D eigenvalue weighted by atomic mass is 10.2. The Balaban J connectivity index is 2.65. The standard InChI is InChI=1S/C11H15N5O2S/c1-7-14-8(2)16(15-7)11-6-9(4-5-10(11)12)19(17,18)13-3/h4-6,13H,12H2,1-3H3. The predicted octanol–water partition coefficient (Wildman–Crippen LogP) is 0.374. The molecule has 0 bridgehead atoms. The molecule has 0 unspecified atom stereocenters. The van der Waals surface area contributed by atoms with Crippen molar-refractivity contribution in [3.8, 4) is 5.69 Å². The minimum Gasteiger partial charge on any atom is -0.397 e. The number of aryl methyl sites for hydroxylation is 2. The van der Waals surface area contributed by atoms with Crippen LogP contribution in [0.15, 0.2) is 23.1 Å². The molecule has 0 aliphatic rings. The van der Waals surface area contributed by atoms with E-state index in [0.29, 0.717) is 23.0 Å². The summed E-state index contributed by atoms with van der Waals surface area (Å²) in [4.78, 5) is 4.30. The maximum Gasteiger partial charge on any atom is 0.240 e. The van der Waals surface area contributed by atoms with Crippen LogP contribution in [0.4, 0.5) is 5.69 Å². The average Bonchev–Trinajstić information content (AvgIpc) is 2.68. The third kappa shape index (κ3) is 2.45. The molecule has 0 saturated carbocycles. The van der Waals surface area contributed by atoms with Crippen molar-refractivity contribution in [3.05, 3.63) is 29.8 Å². The van der Waals surface area contributed by atoms with Gasteiger partial charge in [0.25, 0.3) is 0 Å². The van der Waals surface area contributed by atoms with Gasteiger partial charge in [0, 0.05) is 0 Å². The molecule has 102 valence electrons. The molecule has 0 fully saturated rings. The number of anilines is 1. The van der Waals surface area contributed by atoms with Crippen molar-refractivity contribution >= 4 is 15.7 Å². The summed E-state index contributed by atoms with van der Waals surface area (Å²) in [5, 5.41) is 4.20. The molecule has 1 aromatic heterocycles. The zero-order chi connectivity index (χ0) is 14.2. The van der Waals surface area contributed by atoms with Gasteiger partial charge in [-0.25, -0.2) is 22.8 Å². The van der Waals surface area contributed by atoms with Crippen molar-refractivity contribution in [2.24, 2.45) is 0 Å². The molecule has 3 N–H and O–H groups in total. The number of sulfonamides is 1. The number of hydrogen-bond acceptors (Lipinski definition) is 5. The molecular weight excluding hydrogens is 266 g/mol. The van der Waals surface area contributed by atoms with Gasteiger partial charge in [-0.1, -0.05) is 0 Å². The van der Waals surface area contributed by atoms with Crippen LogP contribution in [0, 0.1) is 13.8 Å². The Morgan fingerprint density at radius 1 is 1.32 bits per heavy atom. The second-order valence-electron chi connectivity index (χ2n) is 4.05. The minimum atomic E-state index is -3.52. The van der Waals surface area contributed by atoms with Crippen LogP contribution in [-0.2, 0) is 10.0 Å². The summed E-state index contributed by atoms with van der Waals surface area (Å²) >= 11 is 0. The van der Waals surface area contributed by atoms with Gasteiger partial charge in [-0.3, -0.25) is 0 Å². The van der Waals surface area contributed by atoms with Gasteiger partial charge in [-0.2, -0.15) is 5.10 Å². The van der Waals surface area contributed by atoms with Gasteiger partial charge in [-0.05, 0) is 39.1 Å². The Labute approximate surface area is 111 Å². The Hall–Kier alpha value is -1.93. The number of hydrogen-bond donors (Lipinski definition) is 2. The maximum absolute atomic E-state index is 11.8. The normalized spacial score (nSPS) is 11.7. The first-order chi connectivity index (χ1) is 8.85. The first-order valence-electron chi connectivity index (χ1n) is 5.59. The van der Waals surface area contributed by atoms with E-state index in [2.05, 4.69) is 14.8 Å². The van der Waals surface area contributed by atoms with Crippen LogP contribution in [0.2, 0.25) is 0 Å². The van der Waals surface area contributed by atoms with E-state index in [0.717, 1.165) is 0 Å². The fourth-order valence-corrected chi connectivity index (χ4v) is 2.49. The van der Waals surface area contributed by atoms with Crippen LogP contribution in [0.5, 0.6) is 0 Å². The Kier molecular flexibility index (Phi) is 3.29. The van der Waals surface area contributed by atoms with E-state index in [1.807, 2.05) is 0 Å². The summed E-state index contributed by atoms with van der Waals surface area (Å²) in [6.07, 6.45) is 0. The van der Waals surface area contributed by atoms with E-state index in [1.165, 1.54) is 29.9 Å². The monoisotopic (exact) mass is 281 g/mol. The molecule has 2 rings (SSSR count). The quantitative estimate of drug-likeness (QED) is 0.791. The molecule has 19 heavy (non-hydrogen) atoms. The summed E-state index contributed by atoms with van der Waals surface area (Å²) in [6.45, 7) is 3.53. The highest BCUT2D eigenvalue weighted by atomic mass is 32.2. The van der Waals surface area contributed by atoms with Gasteiger partial charge < -0.3 is 5.73 Å². The molecular formula is C11H15N5O2S. The first kappa shape index (κ1) is 13.5. The van der Waals surface area contributed by atoms with Crippen LogP contribution in [0.25, 0.3) is 5.69 Å². The number of aromatic nitrogens is 3. The number of benzene rings is 1. The average molecular weight is 281 g/mol. The molecule has 0 aliphatic carbocycles. The molecule has 8 heteroatoms. The molecule has 0 aliphatic heterocycles. The highest BCUT2D eigenvalue weighted by Gasteiger charge is 2.15. The zero-order valence-electron chi connectivity index (χ0n) is 10.9. The summed E-state index contributed by atoms with van der Waals surface area (Å²) in [6, 6.07) is 4.46. The predicted molar refractivity (Wildman–Crippen MR) is 71.5 cm³/mol. The fraction of sp³-hybridized carbons (Fsp3) is 0.273. The highest BCUT2D eigenvalue weighted by molar-refractivity contribution is 7.89. The van der Waals surface area contributed by atoms with Crippen molar-refractivity contribution in [1.82, 2.24) is 19.5 Å². The molecule has 0 radical (unpaired) electrons. The molecule has 0 spiro atoms. The van der Waals surface area contributed by atoms with Crippen LogP contribution < -0.4 is 10.5 Å². The minimum absolute atomic E-state index is 0.131. The van der Waals surface area contributed by atoms with Gasteiger partial charge in [0.1, 0.15) is 11.6 Å². The van der Waals surface area contributed by atoms with Gasteiger partial charge in [0.2, 0.25) is 10.0 Å². The Bertz CT molecular complexity index is 721. The Morgan fingerprint density at radius 2 is 2.00 bits per heavy atom. The van der Waals surface area contributed by atoms with E-state index < -0.39 is 10.0 Å². The molecule has 1 heterocycles. The van der Waals surface area contributed by atoms with E-state index >= 15 is 0 Å². The number of nitrogens with zero attached hydrogens (tertiary/aromatic N) is 3. The fourth-order valence-electron chi connectivity index (χ4n) is 1.74. The van der Waals surface area contributed by atoms with Gasteiger partial charge in [0.05, 0.1) is 16.3 Å².